The van der Waals surface area contributed by atoms with Crippen LogP contribution in [0.3, 0.4) is 0 Å². The van der Waals surface area contributed by atoms with Crippen molar-refractivity contribution in [3.63, 3.8) is 0 Å². The monoisotopic (exact) mass is 251 g/mol. The van der Waals surface area contributed by atoms with Crippen LogP contribution in [0.4, 0.5) is 5.82 Å². The molecule has 1 amide bonds. The minimum atomic E-state index is -0.817. The summed E-state index contributed by atoms with van der Waals surface area (Å²) in [5, 5.41) is 11.7. The molecule has 1 unspecified atom stereocenters. The van der Waals surface area contributed by atoms with Gasteiger partial charge in [0.15, 0.2) is 0 Å². The van der Waals surface area contributed by atoms with Crippen LogP contribution >= 0.6 is 0 Å². The van der Waals surface area contributed by atoms with Crippen LogP contribution in [0.1, 0.15) is 30.1 Å². The van der Waals surface area contributed by atoms with Crippen LogP contribution in [0.5, 0.6) is 0 Å². The molecule has 0 saturated carbocycles. The average molecular weight is 251 g/mol. The first-order valence-electron chi connectivity index (χ1n) is 5.74. The third-order valence-electron chi connectivity index (χ3n) is 2.66. The molecule has 6 heteroatoms. The molecule has 1 heterocycles. The Morgan fingerprint density at radius 1 is 1.56 bits per heavy atom. The summed E-state index contributed by atoms with van der Waals surface area (Å²) in [6.45, 7) is 2.43. The quantitative estimate of drug-likeness (QED) is 0.672. The number of carboxylic acids is 1. The van der Waals surface area contributed by atoms with Crippen LogP contribution in [0.15, 0.2) is 18.3 Å². The summed E-state index contributed by atoms with van der Waals surface area (Å²) in [5.74, 6) is -0.780. The van der Waals surface area contributed by atoms with Crippen molar-refractivity contribution < 1.29 is 14.7 Å². The van der Waals surface area contributed by atoms with Crippen molar-refractivity contribution in [1.29, 1.82) is 0 Å². The lowest BCUT2D eigenvalue weighted by molar-refractivity contribution is -0.138. The fraction of sp³-hybridized carbons (Fsp3) is 0.417. The number of aliphatic carboxylic acids is 1. The van der Waals surface area contributed by atoms with E-state index in [1.165, 1.54) is 12.3 Å². The lowest BCUT2D eigenvalue weighted by atomic mass is 10.0. The molecule has 4 N–H and O–H groups in total. The maximum atomic E-state index is 11.0. The highest BCUT2D eigenvalue weighted by molar-refractivity contribution is 5.93. The predicted molar refractivity (Wildman–Crippen MR) is 67.3 cm³/mol. The largest absolute Gasteiger partial charge is 0.481 e. The highest BCUT2D eigenvalue weighted by Crippen LogP contribution is 2.11. The summed E-state index contributed by atoms with van der Waals surface area (Å²) in [7, 11) is 0. The number of hydrogen-bond donors (Lipinski definition) is 3. The molecule has 1 aromatic rings. The van der Waals surface area contributed by atoms with Crippen molar-refractivity contribution in [3.8, 4) is 0 Å². The molecule has 98 valence electrons. The van der Waals surface area contributed by atoms with E-state index in [0.717, 1.165) is 6.42 Å². The highest BCUT2D eigenvalue weighted by Gasteiger charge is 2.11. The number of nitrogens with two attached hydrogens (primary N) is 1. The van der Waals surface area contributed by atoms with Gasteiger partial charge in [0.2, 0.25) is 5.91 Å². The molecule has 0 saturated heterocycles. The lowest BCUT2D eigenvalue weighted by Crippen LogP contribution is -2.18. The number of rotatable bonds is 7. The summed E-state index contributed by atoms with van der Waals surface area (Å²) in [5.41, 5.74) is 5.53. The average Bonchev–Trinajstić information content (AvgIpc) is 2.34. The van der Waals surface area contributed by atoms with Crippen molar-refractivity contribution in [2.24, 2.45) is 11.7 Å². The van der Waals surface area contributed by atoms with Crippen molar-refractivity contribution in [3.05, 3.63) is 23.9 Å². The van der Waals surface area contributed by atoms with Gasteiger partial charge in [-0.1, -0.05) is 13.3 Å². The zero-order chi connectivity index (χ0) is 13.5. The van der Waals surface area contributed by atoms with E-state index in [-0.39, 0.29) is 12.3 Å². The molecule has 1 rings (SSSR count). The summed E-state index contributed by atoms with van der Waals surface area (Å²) in [4.78, 5) is 25.6. The van der Waals surface area contributed by atoms with Crippen LogP contribution in [0, 0.1) is 5.92 Å². The van der Waals surface area contributed by atoms with E-state index in [1.807, 2.05) is 6.92 Å². The summed E-state index contributed by atoms with van der Waals surface area (Å²) in [6, 6.07) is 3.08. The van der Waals surface area contributed by atoms with Crippen LogP contribution in [-0.4, -0.2) is 28.5 Å². The number of aromatic nitrogens is 1. The maximum Gasteiger partial charge on any atom is 0.303 e. The molecule has 0 radical (unpaired) electrons. The van der Waals surface area contributed by atoms with E-state index >= 15 is 0 Å². The fourth-order valence-electron chi connectivity index (χ4n) is 1.54. The first kappa shape index (κ1) is 14.0. The molecule has 18 heavy (non-hydrogen) atoms. The van der Waals surface area contributed by atoms with Gasteiger partial charge in [0.1, 0.15) is 5.82 Å². The highest BCUT2D eigenvalue weighted by atomic mass is 16.4. The molecule has 0 spiro atoms. The maximum absolute atomic E-state index is 11.0. The van der Waals surface area contributed by atoms with Gasteiger partial charge in [-0.3, -0.25) is 9.59 Å². The Hall–Kier alpha value is -2.11. The third-order valence-corrected chi connectivity index (χ3v) is 2.66. The predicted octanol–water partition coefficient (Wildman–Crippen LogP) is 1.09. The van der Waals surface area contributed by atoms with Gasteiger partial charge in [-0.2, -0.15) is 0 Å². The van der Waals surface area contributed by atoms with Crippen LogP contribution < -0.4 is 11.1 Å². The molecule has 0 aliphatic rings. The number of anilines is 1. The zero-order valence-electron chi connectivity index (χ0n) is 10.2. The van der Waals surface area contributed by atoms with Crippen molar-refractivity contribution in [1.82, 2.24) is 4.98 Å². The fourth-order valence-corrected chi connectivity index (χ4v) is 1.54. The summed E-state index contributed by atoms with van der Waals surface area (Å²) >= 11 is 0. The molecule has 6 nitrogen and oxygen atoms in total. The van der Waals surface area contributed by atoms with Gasteiger partial charge in [0.25, 0.3) is 0 Å². The molecular formula is C12H17N3O3. The van der Waals surface area contributed by atoms with Crippen molar-refractivity contribution >= 4 is 17.7 Å². The molecule has 0 aromatic carbocycles. The topological polar surface area (TPSA) is 105 Å². The first-order valence-corrected chi connectivity index (χ1v) is 5.74. The van der Waals surface area contributed by atoms with Gasteiger partial charge >= 0.3 is 5.97 Å². The van der Waals surface area contributed by atoms with E-state index in [9.17, 15) is 9.59 Å². The Morgan fingerprint density at radius 3 is 2.83 bits per heavy atom. The zero-order valence-corrected chi connectivity index (χ0v) is 10.2. The lowest BCUT2D eigenvalue weighted by Gasteiger charge is -2.13. The minimum Gasteiger partial charge on any atom is -0.481 e. The van der Waals surface area contributed by atoms with Gasteiger partial charge < -0.3 is 16.2 Å². The standard InChI is InChI=1S/C12H17N3O3/c1-2-8(5-11(16)17)7-15-10-6-9(12(13)18)3-4-14-10/h3-4,6,8H,2,5,7H2,1H3,(H2,13,18)(H,14,15)(H,16,17). The van der Waals surface area contributed by atoms with E-state index < -0.39 is 11.9 Å². The molecule has 0 bridgehead atoms. The van der Waals surface area contributed by atoms with Crippen molar-refractivity contribution in [2.75, 3.05) is 11.9 Å². The van der Waals surface area contributed by atoms with Crippen molar-refractivity contribution in [2.45, 2.75) is 19.8 Å². The smallest absolute Gasteiger partial charge is 0.303 e. The van der Waals surface area contributed by atoms with E-state index in [4.69, 9.17) is 10.8 Å². The second kappa shape index (κ2) is 6.58. The third kappa shape index (κ3) is 4.40. The Morgan fingerprint density at radius 2 is 2.28 bits per heavy atom. The molecule has 0 aliphatic carbocycles. The molecule has 1 aromatic heterocycles. The van der Waals surface area contributed by atoms with Gasteiger partial charge in [-0.15, -0.1) is 0 Å². The van der Waals surface area contributed by atoms with E-state index in [1.54, 1.807) is 6.07 Å². The number of carbonyl (C=O) groups excluding carboxylic acids is 1. The van der Waals surface area contributed by atoms with Gasteiger partial charge in [-0.05, 0) is 18.1 Å². The second-order valence-electron chi connectivity index (χ2n) is 4.05. The number of carboxylic acid groups (broad SMARTS) is 1. The first-order chi connectivity index (χ1) is 8.52. The van der Waals surface area contributed by atoms with E-state index in [0.29, 0.717) is 17.9 Å². The van der Waals surface area contributed by atoms with Gasteiger partial charge in [-0.25, -0.2) is 4.98 Å². The van der Waals surface area contributed by atoms with Crippen LogP contribution in [-0.2, 0) is 4.79 Å². The van der Waals surface area contributed by atoms with Crippen LogP contribution in [0.2, 0.25) is 0 Å². The second-order valence-corrected chi connectivity index (χ2v) is 4.05. The molecular weight excluding hydrogens is 234 g/mol. The Balaban J connectivity index is 2.59. The Bertz CT molecular complexity index is 434. The number of amides is 1. The SMILES string of the molecule is CCC(CNc1cc(C(N)=O)ccn1)CC(=O)O. The van der Waals surface area contributed by atoms with E-state index in [2.05, 4.69) is 10.3 Å². The number of carbonyl (C=O) groups is 2. The Kier molecular flexibility index (Phi) is 5.10. The normalized spacial score (nSPS) is 11.8. The summed E-state index contributed by atoms with van der Waals surface area (Å²) < 4.78 is 0. The number of nitrogens with one attached hydrogen (secondary N) is 1. The number of pyridine rings is 1. The minimum absolute atomic E-state index is 0.0292. The molecule has 0 aliphatic heterocycles. The Labute approximate surface area is 105 Å². The van der Waals surface area contributed by atoms with Crippen LogP contribution in [0.25, 0.3) is 0 Å². The number of primary amides is 1. The number of nitrogens with zero attached hydrogens (tertiary/aromatic N) is 1. The molecule has 1 atom stereocenters. The van der Waals surface area contributed by atoms with Gasteiger partial charge in [0.05, 0.1) is 0 Å². The number of hydrogen-bond acceptors (Lipinski definition) is 4. The van der Waals surface area contributed by atoms with Gasteiger partial charge in [0, 0.05) is 24.7 Å². The molecule has 0 fully saturated rings. The summed E-state index contributed by atoms with van der Waals surface area (Å²) in [6.07, 6.45) is 2.36.